The predicted molar refractivity (Wildman–Crippen MR) is 58.5 cm³/mol. The average molecular weight is 208 g/mol. The summed E-state index contributed by atoms with van der Waals surface area (Å²) in [5.74, 6) is 0.693. The van der Waals surface area contributed by atoms with Gasteiger partial charge < -0.3 is 15.8 Å². The number of ether oxygens (including phenoxy) is 1. The van der Waals surface area contributed by atoms with E-state index in [2.05, 4.69) is 22.2 Å². The molecule has 0 bridgehead atoms. The van der Waals surface area contributed by atoms with Gasteiger partial charge in [-0.2, -0.15) is 0 Å². The maximum atomic E-state index is 5.77. The molecule has 1 unspecified atom stereocenters. The number of anilines is 2. The Morgan fingerprint density at radius 3 is 3.13 bits per heavy atom. The molecule has 1 aromatic rings. The smallest absolute Gasteiger partial charge is 0.153 e. The van der Waals surface area contributed by atoms with Crippen molar-refractivity contribution in [2.75, 3.05) is 24.3 Å². The zero-order chi connectivity index (χ0) is 10.7. The van der Waals surface area contributed by atoms with Crippen molar-refractivity contribution in [1.82, 2.24) is 9.97 Å². The van der Waals surface area contributed by atoms with Crippen LogP contribution in [0.4, 0.5) is 11.5 Å². The van der Waals surface area contributed by atoms with Crippen molar-refractivity contribution < 1.29 is 4.74 Å². The number of nitrogens with one attached hydrogen (secondary N) is 1. The van der Waals surface area contributed by atoms with Gasteiger partial charge in [0.05, 0.1) is 24.0 Å². The lowest BCUT2D eigenvalue weighted by molar-refractivity contribution is 0.0539. The van der Waals surface area contributed by atoms with Crippen LogP contribution in [0.1, 0.15) is 19.8 Å². The minimum absolute atomic E-state index is 0.0687. The Bertz CT molecular complexity index is 336. The highest BCUT2D eigenvalue weighted by atomic mass is 16.5. The molecule has 0 amide bonds. The first-order chi connectivity index (χ1) is 7.20. The Balaban J connectivity index is 2.10. The molecule has 1 aliphatic rings. The fourth-order valence-corrected chi connectivity index (χ4v) is 1.76. The highest BCUT2D eigenvalue weighted by Gasteiger charge is 2.28. The first-order valence-corrected chi connectivity index (χ1v) is 5.11. The summed E-state index contributed by atoms with van der Waals surface area (Å²) in [5.41, 5.74) is 6.27. The zero-order valence-electron chi connectivity index (χ0n) is 8.86. The maximum Gasteiger partial charge on any atom is 0.153 e. The van der Waals surface area contributed by atoms with Gasteiger partial charge in [-0.25, -0.2) is 9.97 Å². The second kappa shape index (κ2) is 4.02. The summed E-state index contributed by atoms with van der Waals surface area (Å²) < 4.78 is 5.45. The highest BCUT2D eigenvalue weighted by molar-refractivity contribution is 5.60. The van der Waals surface area contributed by atoms with Gasteiger partial charge >= 0.3 is 0 Å². The second-order valence-electron chi connectivity index (χ2n) is 4.17. The van der Waals surface area contributed by atoms with E-state index >= 15 is 0 Å². The zero-order valence-corrected chi connectivity index (χ0v) is 8.86. The van der Waals surface area contributed by atoms with E-state index in [0.29, 0.717) is 18.1 Å². The summed E-state index contributed by atoms with van der Waals surface area (Å²) in [7, 11) is 0. The molecule has 3 N–H and O–H groups in total. The largest absolute Gasteiger partial charge is 0.394 e. The summed E-state index contributed by atoms with van der Waals surface area (Å²) in [6.45, 7) is 3.65. The molecule has 1 aliphatic heterocycles. The van der Waals surface area contributed by atoms with Crippen LogP contribution in [0, 0.1) is 0 Å². The Morgan fingerprint density at radius 1 is 1.60 bits per heavy atom. The summed E-state index contributed by atoms with van der Waals surface area (Å²) in [4.78, 5) is 7.97. The minimum Gasteiger partial charge on any atom is -0.394 e. The van der Waals surface area contributed by atoms with Crippen LogP contribution < -0.4 is 11.1 Å². The molecule has 1 aromatic heterocycles. The molecule has 0 spiro atoms. The van der Waals surface area contributed by atoms with Crippen LogP contribution in [0.3, 0.4) is 0 Å². The van der Waals surface area contributed by atoms with E-state index in [1.54, 1.807) is 6.20 Å². The normalized spacial score (nSPS) is 26.2. The molecule has 0 saturated carbocycles. The first kappa shape index (κ1) is 10.2. The molecule has 1 fully saturated rings. The van der Waals surface area contributed by atoms with Crippen molar-refractivity contribution in [2.24, 2.45) is 0 Å². The van der Waals surface area contributed by atoms with Crippen molar-refractivity contribution in [3.05, 3.63) is 12.5 Å². The monoisotopic (exact) mass is 208 g/mol. The van der Waals surface area contributed by atoms with Gasteiger partial charge in [-0.3, -0.25) is 0 Å². The summed E-state index contributed by atoms with van der Waals surface area (Å²) in [5, 5.41) is 3.32. The lowest BCUT2D eigenvalue weighted by Gasteiger charge is -2.34. The van der Waals surface area contributed by atoms with Crippen molar-refractivity contribution >= 4 is 11.5 Å². The van der Waals surface area contributed by atoms with Gasteiger partial charge in [0.15, 0.2) is 5.82 Å². The van der Waals surface area contributed by atoms with E-state index in [1.165, 1.54) is 6.33 Å². The third kappa shape index (κ3) is 2.36. The lowest BCUT2D eigenvalue weighted by Crippen LogP contribution is -2.43. The van der Waals surface area contributed by atoms with Gasteiger partial charge in [0.2, 0.25) is 0 Å². The van der Waals surface area contributed by atoms with E-state index < -0.39 is 0 Å². The number of hydrogen-bond acceptors (Lipinski definition) is 5. The molecule has 0 aromatic carbocycles. The van der Waals surface area contributed by atoms with Crippen LogP contribution in [0.2, 0.25) is 0 Å². The Kier molecular flexibility index (Phi) is 2.73. The molecule has 2 heterocycles. The standard InChI is InChI=1S/C10H16N4O/c1-10(3-2-4-15-6-10)14-9-8(11)5-12-7-13-9/h5,7H,2-4,6,11H2,1H3,(H,12,13,14). The molecular weight excluding hydrogens is 192 g/mol. The third-order valence-electron chi connectivity index (χ3n) is 2.60. The fraction of sp³-hybridized carbons (Fsp3) is 0.600. The van der Waals surface area contributed by atoms with Crippen molar-refractivity contribution in [3.8, 4) is 0 Å². The number of nitrogens with two attached hydrogens (primary N) is 1. The molecular formula is C10H16N4O. The molecule has 2 rings (SSSR count). The minimum atomic E-state index is -0.0687. The summed E-state index contributed by atoms with van der Waals surface area (Å²) in [6.07, 6.45) is 5.22. The van der Waals surface area contributed by atoms with Crippen LogP contribution in [-0.4, -0.2) is 28.7 Å². The van der Waals surface area contributed by atoms with E-state index in [1.807, 2.05) is 0 Å². The van der Waals surface area contributed by atoms with Crippen LogP contribution >= 0.6 is 0 Å². The number of nitrogen functional groups attached to an aromatic ring is 1. The number of hydrogen-bond donors (Lipinski definition) is 2. The van der Waals surface area contributed by atoms with Crippen molar-refractivity contribution in [2.45, 2.75) is 25.3 Å². The first-order valence-electron chi connectivity index (χ1n) is 5.11. The van der Waals surface area contributed by atoms with E-state index in [4.69, 9.17) is 10.5 Å². The summed E-state index contributed by atoms with van der Waals surface area (Å²) in [6, 6.07) is 0. The molecule has 82 valence electrons. The summed E-state index contributed by atoms with van der Waals surface area (Å²) >= 11 is 0. The molecule has 0 radical (unpaired) electrons. The number of rotatable bonds is 2. The predicted octanol–water partition coefficient (Wildman–Crippen LogP) is 1.04. The quantitative estimate of drug-likeness (QED) is 0.759. The van der Waals surface area contributed by atoms with E-state index in [9.17, 15) is 0 Å². The van der Waals surface area contributed by atoms with Gasteiger partial charge in [0.25, 0.3) is 0 Å². The van der Waals surface area contributed by atoms with Gasteiger partial charge in [0.1, 0.15) is 6.33 Å². The second-order valence-corrected chi connectivity index (χ2v) is 4.17. The lowest BCUT2D eigenvalue weighted by atomic mass is 9.95. The van der Waals surface area contributed by atoms with E-state index in [-0.39, 0.29) is 5.54 Å². The molecule has 15 heavy (non-hydrogen) atoms. The molecule has 5 nitrogen and oxygen atoms in total. The average Bonchev–Trinajstić information content (AvgIpc) is 2.22. The molecule has 5 heteroatoms. The van der Waals surface area contributed by atoms with Crippen LogP contribution in [0.15, 0.2) is 12.5 Å². The fourth-order valence-electron chi connectivity index (χ4n) is 1.76. The van der Waals surface area contributed by atoms with Crippen LogP contribution in [0.25, 0.3) is 0 Å². The maximum absolute atomic E-state index is 5.77. The van der Waals surface area contributed by atoms with Gasteiger partial charge in [-0.15, -0.1) is 0 Å². The number of aromatic nitrogens is 2. The molecule has 0 aliphatic carbocycles. The topological polar surface area (TPSA) is 73.1 Å². The highest BCUT2D eigenvalue weighted by Crippen LogP contribution is 2.25. The SMILES string of the molecule is CC1(Nc2ncncc2N)CCCOC1. The van der Waals surface area contributed by atoms with E-state index in [0.717, 1.165) is 19.4 Å². The Labute approximate surface area is 89.1 Å². The van der Waals surface area contributed by atoms with Gasteiger partial charge in [0, 0.05) is 6.61 Å². The molecule has 1 atom stereocenters. The molecule has 1 saturated heterocycles. The van der Waals surface area contributed by atoms with Crippen molar-refractivity contribution in [1.29, 1.82) is 0 Å². The van der Waals surface area contributed by atoms with Gasteiger partial charge in [-0.05, 0) is 19.8 Å². The number of nitrogens with zero attached hydrogens (tertiary/aromatic N) is 2. The Hall–Kier alpha value is -1.36. The Morgan fingerprint density at radius 2 is 2.47 bits per heavy atom. The van der Waals surface area contributed by atoms with Crippen LogP contribution in [-0.2, 0) is 4.74 Å². The van der Waals surface area contributed by atoms with Crippen molar-refractivity contribution in [3.63, 3.8) is 0 Å². The van der Waals surface area contributed by atoms with Crippen LogP contribution in [0.5, 0.6) is 0 Å². The van der Waals surface area contributed by atoms with Gasteiger partial charge in [-0.1, -0.05) is 0 Å². The third-order valence-corrected chi connectivity index (χ3v) is 2.60.